The van der Waals surface area contributed by atoms with Crippen molar-refractivity contribution in [3.8, 4) is 0 Å². The average Bonchev–Trinajstić information content (AvgIpc) is 3.14. The van der Waals surface area contributed by atoms with Crippen LogP contribution in [0.1, 0.15) is 168 Å². The predicted octanol–water partition coefficient (Wildman–Crippen LogP) is 11.7. The second-order valence-electron chi connectivity index (χ2n) is 13.6. The molecule has 0 spiro atoms. The summed E-state index contributed by atoms with van der Waals surface area (Å²) >= 11 is 0. The highest BCUT2D eigenvalue weighted by Gasteiger charge is 2.26. The lowest BCUT2D eigenvalue weighted by molar-refractivity contribution is -0.161. The van der Waals surface area contributed by atoms with Crippen molar-refractivity contribution in [2.75, 3.05) is 26.4 Å². The van der Waals surface area contributed by atoms with Crippen molar-refractivity contribution >= 4 is 19.8 Å². The van der Waals surface area contributed by atoms with Crippen molar-refractivity contribution in [3.05, 3.63) is 60.8 Å². The molecule has 0 saturated carbocycles. The van der Waals surface area contributed by atoms with Gasteiger partial charge in [0.2, 0.25) is 0 Å². The Bertz CT molecular complexity index is 1050. The molecule has 0 aromatic rings. The molecule has 10 heteroatoms. The maximum Gasteiger partial charge on any atom is 0.472 e. The van der Waals surface area contributed by atoms with Crippen LogP contribution in [-0.4, -0.2) is 49.3 Å². The maximum absolute atomic E-state index is 12.6. The third-order valence-corrected chi connectivity index (χ3v) is 9.47. The second-order valence-corrected chi connectivity index (χ2v) is 15.0. The molecule has 2 atom stereocenters. The standard InChI is InChI=1S/C43H76NO8P/c1-3-5-7-9-11-13-15-17-19-20-22-24-26-28-30-32-34-36-43(46)52-41(40-51-53(47,48)50-38-37-44)39-49-42(45)35-33-31-29-27-25-23-21-18-16-14-12-10-8-6-4-2/h6,8,10,12-16,18,21,41H,3-5,7,9,11,17,19-20,22-40,44H2,1-2H3,(H,47,48)/b8-6+,12-10+,15-13+,16-14+,21-18+/t41-/m1/s1. The molecular formula is C43H76NO8P. The molecule has 9 nitrogen and oxygen atoms in total. The number of ether oxygens (including phenoxy) is 2. The van der Waals surface area contributed by atoms with E-state index in [-0.39, 0.29) is 32.6 Å². The third kappa shape index (κ3) is 39.2. The lowest BCUT2D eigenvalue weighted by Crippen LogP contribution is -2.29. The van der Waals surface area contributed by atoms with Crippen molar-refractivity contribution < 1.29 is 37.6 Å². The number of phosphoric acid groups is 1. The van der Waals surface area contributed by atoms with Gasteiger partial charge in [0.15, 0.2) is 6.10 Å². The van der Waals surface area contributed by atoms with Crippen LogP contribution in [0.2, 0.25) is 0 Å². The topological polar surface area (TPSA) is 134 Å². The third-order valence-electron chi connectivity index (χ3n) is 8.48. The minimum absolute atomic E-state index is 0.0470. The van der Waals surface area contributed by atoms with Crippen LogP contribution < -0.4 is 5.73 Å². The van der Waals surface area contributed by atoms with E-state index < -0.39 is 32.5 Å². The molecule has 0 aromatic carbocycles. The number of carbonyl (C=O) groups is 2. The van der Waals surface area contributed by atoms with E-state index in [0.717, 1.165) is 57.8 Å². The van der Waals surface area contributed by atoms with Crippen molar-refractivity contribution in [1.29, 1.82) is 0 Å². The van der Waals surface area contributed by atoms with E-state index >= 15 is 0 Å². The normalized spacial score (nSPS) is 14.0. The first-order valence-corrected chi connectivity index (χ1v) is 22.3. The van der Waals surface area contributed by atoms with Gasteiger partial charge in [0, 0.05) is 19.4 Å². The number of allylic oxidation sites excluding steroid dienone is 10. The SMILES string of the molecule is CC/C=C/C=C/C=C/C=C/CCCCCCCC(=O)OC[C@H](COP(=O)(O)OCCN)OC(=O)CCCCCCCCCCC/C=C/CCCCCC. The van der Waals surface area contributed by atoms with Crippen molar-refractivity contribution in [2.45, 2.75) is 174 Å². The zero-order chi connectivity index (χ0) is 38.9. The van der Waals surface area contributed by atoms with Crippen LogP contribution in [0.4, 0.5) is 0 Å². The molecule has 0 aliphatic carbocycles. The molecule has 0 bridgehead atoms. The molecule has 0 radical (unpaired) electrons. The van der Waals surface area contributed by atoms with Gasteiger partial charge in [-0.15, -0.1) is 0 Å². The lowest BCUT2D eigenvalue weighted by Gasteiger charge is -2.19. The summed E-state index contributed by atoms with van der Waals surface area (Å²) in [6.07, 6.45) is 45.3. The summed E-state index contributed by atoms with van der Waals surface area (Å²) in [4.78, 5) is 34.8. The zero-order valence-corrected chi connectivity index (χ0v) is 34.4. The van der Waals surface area contributed by atoms with Crippen LogP contribution in [0.5, 0.6) is 0 Å². The Morgan fingerprint density at radius 2 is 1.06 bits per heavy atom. The summed E-state index contributed by atoms with van der Waals surface area (Å²) in [7, 11) is -4.38. The van der Waals surface area contributed by atoms with Gasteiger partial charge in [-0.3, -0.25) is 18.6 Å². The highest BCUT2D eigenvalue weighted by atomic mass is 31.2. The smallest absolute Gasteiger partial charge is 0.462 e. The summed E-state index contributed by atoms with van der Waals surface area (Å²) in [5, 5.41) is 0. The lowest BCUT2D eigenvalue weighted by atomic mass is 10.1. The van der Waals surface area contributed by atoms with Gasteiger partial charge < -0.3 is 20.1 Å². The fourth-order valence-electron chi connectivity index (χ4n) is 5.40. The quantitative estimate of drug-likeness (QED) is 0.0207. The summed E-state index contributed by atoms with van der Waals surface area (Å²) in [6, 6.07) is 0. The summed E-state index contributed by atoms with van der Waals surface area (Å²) in [6.45, 7) is 3.54. The highest BCUT2D eigenvalue weighted by Crippen LogP contribution is 2.43. The molecule has 0 saturated heterocycles. The first kappa shape index (κ1) is 50.7. The largest absolute Gasteiger partial charge is 0.472 e. The number of hydrogen-bond acceptors (Lipinski definition) is 8. The van der Waals surface area contributed by atoms with Gasteiger partial charge in [0.25, 0.3) is 0 Å². The van der Waals surface area contributed by atoms with Crippen molar-refractivity contribution in [1.82, 2.24) is 0 Å². The van der Waals surface area contributed by atoms with E-state index in [1.807, 2.05) is 30.4 Å². The van der Waals surface area contributed by atoms with E-state index in [9.17, 15) is 19.0 Å². The molecule has 0 fully saturated rings. The van der Waals surface area contributed by atoms with Gasteiger partial charge in [0.05, 0.1) is 13.2 Å². The molecular weight excluding hydrogens is 689 g/mol. The van der Waals surface area contributed by atoms with E-state index in [4.69, 9.17) is 24.3 Å². The number of esters is 2. The number of hydrogen-bond donors (Lipinski definition) is 2. The van der Waals surface area contributed by atoms with Gasteiger partial charge in [0.1, 0.15) is 6.61 Å². The monoisotopic (exact) mass is 766 g/mol. The Morgan fingerprint density at radius 1 is 0.585 bits per heavy atom. The van der Waals surface area contributed by atoms with Crippen LogP contribution in [0.25, 0.3) is 0 Å². The first-order chi connectivity index (χ1) is 25.8. The minimum Gasteiger partial charge on any atom is -0.462 e. The van der Waals surface area contributed by atoms with E-state index in [0.29, 0.717) is 12.8 Å². The molecule has 0 rings (SSSR count). The number of carbonyl (C=O) groups excluding carboxylic acids is 2. The molecule has 0 amide bonds. The minimum atomic E-state index is -4.38. The summed E-state index contributed by atoms with van der Waals surface area (Å²) in [5.74, 6) is -0.862. The van der Waals surface area contributed by atoms with Gasteiger partial charge in [-0.2, -0.15) is 0 Å². The van der Waals surface area contributed by atoms with E-state index in [1.54, 1.807) is 0 Å². The van der Waals surface area contributed by atoms with Crippen LogP contribution >= 0.6 is 7.82 Å². The van der Waals surface area contributed by atoms with E-state index in [1.165, 1.54) is 70.6 Å². The zero-order valence-electron chi connectivity index (χ0n) is 33.5. The molecule has 0 aliphatic heterocycles. The Labute approximate surface area is 323 Å². The predicted molar refractivity (Wildman–Crippen MR) is 219 cm³/mol. The average molecular weight is 766 g/mol. The van der Waals surface area contributed by atoms with Gasteiger partial charge in [-0.1, -0.05) is 158 Å². The van der Waals surface area contributed by atoms with Gasteiger partial charge >= 0.3 is 19.8 Å². The molecule has 0 aromatic heterocycles. The molecule has 53 heavy (non-hydrogen) atoms. The number of nitrogens with two attached hydrogens (primary N) is 1. The fraction of sp³-hybridized carbons (Fsp3) is 0.721. The molecule has 0 heterocycles. The van der Waals surface area contributed by atoms with E-state index in [2.05, 4.69) is 44.2 Å². The van der Waals surface area contributed by atoms with Crippen LogP contribution in [0.15, 0.2) is 60.8 Å². The molecule has 1 unspecified atom stereocenters. The van der Waals surface area contributed by atoms with Crippen molar-refractivity contribution in [3.63, 3.8) is 0 Å². The molecule has 3 N–H and O–H groups in total. The Hall–Kier alpha value is -2.29. The van der Waals surface area contributed by atoms with Gasteiger partial charge in [-0.05, 0) is 57.8 Å². The Morgan fingerprint density at radius 3 is 1.60 bits per heavy atom. The summed E-state index contributed by atoms with van der Waals surface area (Å²) in [5.41, 5.74) is 5.34. The first-order valence-electron chi connectivity index (χ1n) is 20.8. The van der Waals surface area contributed by atoms with Crippen LogP contribution in [0, 0.1) is 0 Å². The molecule has 0 aliphatic rings. The number of phosphoric ester groups is 1. The van der Waals surface area contributed by atoms with Crippen molar-refractivity contribution in [2.24, 2.45) is 5.73 Å². The summed E-state index contributed by atoms with van der Waals surface area (Å²) < 4.78 is 32.7. The second kappa shape index (κ2) is 39.4. The Balaban J connectivity index is 4.22. The number of rotatable bonds is 38. The molecule has 306 valence electrons. The Kier molecular flexibility index (Phi) is 37.7. The number of unbranched alkanes of at least 4 members (excludes halogenated alkanes) is 18. The fourth-order valence-corrected chi connectivity index (χ4v) is 6.17. The van der Waals surface area contributed by atoms with Crippen LogP contribution in [0.3, 0.4) is 0 Å². The van der Waals surface area contributed by atoms with Crippen LogP contribution in [-0.2, 0) is 32.7 Å². The maximum atomic E-state index is 12.6. The van der Waals surface area contributed by atoms with Gasteiger partial charge in [-0.25, -0.2) is 4.57 Å². The highest BCUT2D eigenvalue weighted by molar-refractivity contribution is 7.47.